The number of methoxy groups -OCH3 is 1. The van der Waals surface area contributed by atoms with Crippen LogP contribution in [0.5, 0.6) is 0 Å². The molecule has 0 saturated heterocycles. The number of hydrogen-bond donors (Lipinski definition) is 0. The quantitative estimate of drug-likeness (QED) is 0.230. The van der Waals surface area contributed by atoms with Gasteiger partial charge in [0.25, 0.3) is 5.56 Å². The standard InChI is InChI=1S/C34H27ClN4O5S/c1-4-44-33(42)28-20(2)36-34-39(30(28)22-10-12-23(13-11-22)32(41)43-3)31(40)27(45-34)18-24-19-38(26-8-6-5-7-9-26)37-29(24)21-14-16-25(35)17-15-21/h5-19,30H,4H2,1-3H3. The highest BCUT2D eigenvalue weighted by Crippen LogP contribution is 2.31. The lowest BCUT2D eigenvalue weighted by atomic mass is 9.95. The van der Waals surface area contributed by atoms with E-state index in [1.165, 1.54) is 23.0 Å². The van der Waals surface area contributed by atoms with Crippen molar-refractivity contribution in [2.45, 2.75) is 19.9 Å². The monoisotopic (exact) mass is 638 g/mol. The maximum absolute atomic E-state index is 14.2. The van der Waals surface area contributed by atoms with Crippen molar-refractivity contribution < 1.29 is 19.1 Å². The molecule has 0 spiro atoms. The molecule has 0 amide bonds. The summed E-state index contributed by atoms with van der Waals surface area (Å²) in [5.41, 5.74) is 4.40. The number of nitrogens with zero attached hydrogens (tertiary/aromatic N) is 4. The molecule has 226 valence electrons. The van der Waals surface area contributed by atoms with Crippen LogP contribution in [-0.2, 0) is 14.3 Å². The van der Waals surface area contributed by atoms with Crippen LogP contribution in [0.15, 0.2) is 106 Å². The summed E-state index contributed by atoms with van der Waals surface area (Å²) >= 11 is 7.38. The van der Waals surface area contributed by atoms with E-state index in [9.17, 15) is 14.4 Å². The van der Waals surface area contributed by atoms with Crippen LogP contribution in [0.25, 0.3) is 23.0 Å². The van der Waals surface area contributed by atoms with Crippen LogP contribution < -0.4 is 14.9 Å². The van der Waals surface area contributed by atoms with Gasteiger partial charge in [0.05, 0.1) is 46.8 Å². The van der Waals surface area contributed by atoms with Gasteiger partial charge in [0.2, 0.25) is 0 Å². The van der Waals surface area contributed by atoms with E-state index in [1.807, 2.05) is 48.7 Å². The molecule has 2 aromatic heterocycles. The molecule has 6 rings (SSSR count). The van der Waals surface area contributed by atoms with Crippen molar-refractivity contribution in [1.29, 1.82) is 0 Å². The first-order valence-corrected chi connectivity index (χ1v) is 15.3. The number of ether oxygens (including phenoxy) is 2. The number of rotatable bonds is 7. The maximum atomic E-state index is 14.2. The van der Waals surface area contributed by atoms with Gasteiger partial charge in [-0.05, 0) is 61.9 Å². The van der Waals surface area contributed by atoms with E-state index >= 15 is 0 Å². The number of benzene rings is 3. The van der Waals surface area contributed by atoms with Gasteiger partial charge in [0.1, 0.15) is 5.69 Å². The van der Waals surface area contributed by atoms with Crippen LogP contribution in [0.4, 0.5) is 0 Å². The first kappa shape index (κ1) is 30.0. The minimum Gasteiger partial charge on any atom is -0.465 e. The third kappa shape index (κ3) is 5.77. The molecule has 11 heteroatoms. The molecular formula is C34H27ClN4O5S. The molecule has 3 heterocycles. The van der Waals surface area contributed by atoms with E-state index in [4.69, 9.17) is 26.2 Å². The highest BCUT2D eigenvalue weighted by atomic mass is 35.5. The fourth-order valence-corrected chi connectivity index (χ4v) is 6.37. The summed E-state index contributed by atoms with van der Waals surface area (Å²) in [5.74, 6) is -1.06. The number of halogens is 1. The molecule has 3 aromatic carbocycles. The second kappa shape index (κ2) is 12.5. The van der Waals surface area contributed by atoms with Crippen LogP contribution in [0.2, 0.25) is 5.02 Å². The summed E-state index contributed by atoms with van der Waals surface area (Å²) in [6.45, 7) is 3.60. The predicted molar refractivity (Wildman–Crippen MR) is 172 cm³/mol. The minimum atomic E-state index is -0.822. The van der Waals surface area contributed by atoms with E-state index in [0.717, 1.165) is 11.3 Å². The smallest absolute Gasteiger partial charge is 0.338 e. The lowest BCUT2D eigenvalue weighted by Crippen LogP contribution is -2.40. The van der Waals surface area contributed by atoms with Gasteiger partial charge in [-0.3, -0.25) is 9.36 Å². The number of thiazole rings is 1. The fraction of sp³-hybridized carbons (Fsp3) is 0.147. The van der Waals surface area contributed by atoms with Gasteiger partial charge < -0.3 is 9.47 Å². The summed E-state index contributed by atoms with van der Waals surface area (Å²) in [6, 6.07) is 22.8. The molecule has 5 aromatic rings. The van der Waals surface area contributed by atoms with Crippen molar-refractivity contribution in [1.82, 2.24) is 14.3 Å². The summed E-state index contributed by atoms with van der Waals surface area (Å²) in [6.07, 6.45) is 3.66. The minimum absolute atomic E-state index is 0.160. The van der Waals surface area contributed by atoms with E-state index in [2.05, 4.69) is 4.99 Å². The Morgan fingerprint density at radius 2 is 1.71 bits per heavy atom. The molecule has 0 saturated carbocycles. The Morgan fingerprint density at radius 1 is 1.00 bits per heavy atom. The molecule has 45 heavy (non-hydrogen) atoms. The number of carbonyl (C=O) groups excluding carboxylic acids is 2. The van der Waals surface area contributed by atoms with Gasteiger partial charge in [-0.1, -0.05) is 65.4 Å². The van der Waals surface area contributed by atoms with Gasteiger partial charge in [-0.15, -0.1) is 0 Å². The Hall–Kier alpha value is -5.06. The number of hydrogen-bond acceptors (Lipinski definition) is 8. The van der Waals surface area contributed by atoms with Crippen molar-refractivity contribution in [3.8, 4) is 16.9 Å². The second-order valence-electron chi connectivity index (χ2n) is 10.1. The van der Waals surface area contributed by atoms with Crippen molar-refractivity contribution in [2.75, 3.05) is 13.7 Å². The SMILES string of the molecule is CCOC(=O)C1=C(C)N=c2sc(=Cc3cn(-c4ccccc4)nc3-c3ccc(Cl)cc3)c(=O)n2C1c1ccc(C(=O)OC)cc1. The largest absolute Gasteiger partial charge is 0.465 e. The maximum Gasteiger partial charge on any atom is 0.338 e. The van der Waals surface area contributed by atoms with Crippen LogP contribution in [-0.4, -0.2) is 40.0 Å². The molecule has 1 unspecified atom stereocenters. The molecule has 0 radical (unpaired) electrons. The zero-order chi connectivity index (χ0) is 31.7. The van der Waals surface area contributed by atoms with Crippen LogP contribution >= 0.6 is 22.9 Å². The third-order valence-electron chi connectivity index (χ3n) is 7.33. The molecule has 0 fully saturated rings. The highest BCUT2D eigenvalue weighted by Gasteiger charge is 2.33. The summed E-state index contributed by atoms with van der Waals surface area (Å²) in [5, 5.41) is 5.46. The Kier molecular flexibility index (Phi) is 8.34. The van der Waals surface area contributed by atoms with Crippen molar-refractivity contribution in [3.63, 3.8) is 0 Å². The Morgan fingerprint density at radius 3 is 2.38 bits per heavy atom. The molecule has 1 aliphatic heterocycles. The Labute approximate surface area is 267 Å². The predicted octanol–water partition coefficient (Wildman–Crippen LogP) is 5.09. The topological polar surface area (TPSA) is 105 Å². The first-order valence-electron chi connectivity index (χ1n) is 14.1. The highest BCUT2D eigenvalue weighted by molar-refractivity contribution is 7.07. The van der Waals surface area contributed by atoms with E-state index in [0.29, 0.717) is 42.4 Å². The average molecular weight is 639 g/mol. The second-order valence-corrected chi connectivity index (χ2v) is 11.6. The molecule has 1 atom stereocenters. The molecule has 0 bridgehead atoms. The van der Waals surface area contributed by atoms with Gasteiger partial charge in [0, 0.05) is 22.3 Å². The van der Waals surface area contributed by atoms with Crippen molar-refractivity contribution in [2.24, 2.45) is 4.99 Å². The number of carbonyl (C=O) groups is 2. The van der Waals surface area contributed by atoms with E-state index < -0.39 is 18.0 Å². The lowest BCUT2D eigenvalue weighted by Gasteiger charge is -2.24. The first-order chi connectivity index (χ1) is 21.8. The number of fused-ring (bicyclic) bond motifs is 1. The summed E-state index contributed by atoms with van der Waals surface area (Å²) in [7, 11) is 1.31. The number of para-hydroxylation sites is 1. The number of aromatic nitrogens is 3. The zero-order valence-corrected chi connectivity index (χ0v) is 26.1. The molecule has 1 aliphatic rings. The van der Waals surface area contributed by atoms with Gasteiger partial charge in [-0.25, -0.2) is 19.3 Å². The summed E-state index contributed by atoms with van der Waals surface area (Å²) < 4.78 is 13.9. The van der Waals surface area contributed by atoms with Gasteiger partial charge >= 0.3 is 11.9 Å². The number of esters is 2. The average Bonchev–Trinajstić information content (AvgIpc) is 3.61. The van der Waals surface area contributed by atoms with E-state index in [-0.39, 0.29) is 17.7 Å². The zero-order valence-electron chi connectivity index (χ0n) is 24.6. The Balaban J connectivity index is 1.54. The van der Waals surface area contributed by atoms with Crippen molar-refractivity contribution in [3.05, 3.63) is 138 Å². The molecular weight excluding hydrogens is 612 g/mol. The normalized spacial score (nSPS) is 14.6. The van der Waals surface area contributed by atoms with Gasteiger partial charge in [-0.2, -0.15) is 5.10 Å². The number of allylic oxidation sites excluding steroid dienone is 1. The van der Waals surface area contributed by atoms with Gasteiger partial charge in [0.15, 0.2) is 4.80 Å². The molecule has 0 aliphatic carbocycles. The lowest BCUT2D eigenvalue weighted by molar-refractivity contribution is -0.139. The van der Waals surface area contributed by atoms with Crippen LogP contribution in [0.3, 0.4) is 0 Å². The third-order valence-corrected chi connectivity index (χ3v) is 8.57. The molecule has 0 N–H and O–H groups in total. The van der Waals surface area contributed by atoms with Crippen LogP contribution in [0.1, 0.15) is 41.4 Å². The van der Waals surface area contributed by atoms with E-state index in [1.54, 1.807) is 61.0 Å². The van der Waals surface area contributed by atoms with Crippen LogP contribution in [0, 0.1) is 0 Å². The fourth-order valence-electron chi connectivity index (χ4n) is 5.21. The summed E-state index contributed by atoms with van der Waals surface area (Å²) in [4.78, 5) is 44.6. The Bertz CT molecular complexity index is 2130. The molecule has 9 nitrogen and oxygen atoms in total. The van der Waals surface area contributed by atoms with Crippen molar-refractivity contribution >= 4 is 41.0 Å².